The van der Waals surface area contributed by atoms with Crippen LogP contribution in [0.4, 0.5) is 5.82 Å². The van der Waals surface area contributed by atoms with Crippen LogP contribution in [0, 0.1) is 11.3 Å². The molecule has 0 unspecified atom stereocenters. The van der Waals surface area contributed by atoms with Crippen LogP contribution < -0.4 is 11.3 Å². The monoisotopic (exact) mass is 337 g/mol. The molecule has 25 heavy (non-hydrogen) atoms. The third-order valence-corrected chi connectivity index (χ3v) is 4.92. The van der Waals surface area contributed by atoms with E-state index in [4.69, 9.17) is 11.0 Å². The van der Waals surface area contributed by atoms with Crippen LogP contribution >= 0.6 is 0 Å². The van der Waals surface area contributed by atoms with Gasteiger partial charge in [-0.1, -0.05) is 0 Å². The summed E-state index contributed by atoms with van der Waals surface area (Å²) in [5.41, 5.74) is 7.80. The Morgan fingerprint density at radius 1 is 1.40 bits per heavy atom. The van der Waals surface area contributed by atoms with Gasteiger partial charge in [0.15, 0.2) is 5.82 Å². The highest BCUT2D eigenvalue weighted by atomic mass is 16.1. The van der Waals surface area contributed by atoms with Gasteiger partial charge in [-0.25, -0.2) is 9.97 Å². The van der Waals surface area contributed by atoms with Gasteiger partial charge in [-0.15, -0.1) is 0 Å². The molecular formula is C17H19N7O. The van der Waals surface area contributed by atoms with Gasteiger partial charge in [0.1, 0.15) is 11.2 Å². The molecule has 1 aliphatic heterocycles. The van der Waals surface area contributed by atoms with Gasteiger partial charge < -0.3 is 15.6 Å². The van der Waals surface area contributed by atoms with E-state index in [0.717, 1.165) is 49.0 Å². The van der Waals surface area contributed by atoms with E-state index in [1.165, 1.54) is 0 Å². The Kier molecular flexibility index (Phi) is 3.86. The molecule has 0 aliphatic carbocycles. The van der Waals surface area contributed by atoms with Crippen molar-refractivity contribution in [3.63, 3.8) is 0 Å². The maximum Gasteiger partial charge on any atom is 0.293 e. The molecule has 1 aliphatic rings. The van der Waals surface area contributed by atoms with E-state index in [1.807, 2.05) is 12.3 Å². The second-order valence-corrected chi connectivity index (χ2v) is 6.39. The van der Waals surface area contributed by atoms with Crippen LogP contribution in [0.25, 0.3) is 22.1 Å². The van der Waals surface area contributed by atoms with Crippen LogP contribution in [0.15, 0.2) is 23.3 Å². The number of hydrogen-bond donors (Lipinski definition) is 2. The van der Waals surface area contributed by atoms with E-state index in [9.17, 15) is 4.79 Å². The van der Waals surface area contributed by atoms with Gasteiger partial charge >= 0.3 is 0 Å². The number of pyridine rings is 1. The number of hydrogen-bond acceptors (Lipinski definition) is 6. The molecule has 0 aromatic carbocycles. The molecular weight excluding hydrogens is 318 g/mol. The Labute approximate surface area is 143 Å². The number of nitrogens with two attached hydrogens (primary N) is 1. The normalized spacial score (nSPS) is 16.4. The average Bonchev–Trinajstić information content (AvgIpc) is 3.11. The third-order valence-electron chi connectivity index (χ3n) is 4.92. The number of rotatable bonds is 3. The molecule has 1 saturated heterocycles. The first-order valence-corrected chi connectivity index (χ1v) is 8.42. The van der Waals surface area contributed by atoms with Gasteiger partial charge in [0.05, 0.1) is 17.8 Å². The maximum absolute atomic E-state index is 12.8. The van der Waals surface area contributed by atoms with E-state index >= 15 is 0 Å². The second kappa shape index (κ2) is 6.18. The minimum absolute atomic E-state index is 0.0103. The molecule has 1 fully saturated rings. The first-order valence-electron chi connectivity index (χ1n) is 8.42. The predicted molar refractivity (Wildman–Crippen MR) is 95.0 cm³/mol. The highest BCUT2D eigenvalue weighted by molar-refractivity contribution is 6.01. The fourth-order valence-electron chi connectivity index (χ4n) is 3.68. The quantitative estimate of drug-likeness (QED) is 0.746. The Hall–Kier alpha value is -2.92. The zero-order valence-corrected chi connectivity index (χ0v) is 13.8. The lowest BCUT2D eigenvalue weighted by atomic mass is 10.0. The van der Waals surface area contributed by atoms with Crippen LogP contribution in [0.1, 0.15) is 25.3 Å². The summed E-state index contributed by atoms with van der Waals surface area (Å²) in [7, 11) is 0. The molecule has 4 rings (SSSR count). The summed E-state index contributed by atoms with van der Waals surface area (Å²) in [6.45, 7) is 2.51. The van der Waals surface area contributed by atoms with Crippen molar-refractivity contribution in [3.05, 3.63) is 28.8 Å². The summed E-state index contributed by atoms with van der Waals surface area (Å²) in [5, 5.41) is 9.62. The minimum atomic E-state index is -0.239. The summed E-state index contributed by atoms with van der Waals surface area (Å²) in [5.74, 6) is 0.0103. The van der Waals surface area contributed by atoms with Gasteiger partial charge in [-0.3, -0.25) is 9.36 Å². The molecule has 3 N–H and O–H groups in total. The highest BCUT2D eigenvalue weighted by Crippen LogP contribution is 2.28. The van der Waals surface area contributed by atoms with Crippen molar-refractivity contribution in [1.82, 2.24) is 24.4 Å². The van der Waals surface area contributed by atoms with Crippen LogP contribution in [0.3, 0.4) is 0 Å². The lowest BCUT2D eigenvalue weighted by molar-refractivity contribution is 0.190. The molecule has 0 spiro atoms. The standard InChI is InChI=1S/C17H19N7O/c18-5-1-7-23-8-3-11(4-9-23)24-14-12-2-6-20-16(12)21-10-13(14)22-15(19)17(24)25/h2,6,10-11H,1,3-4,7-9H2,(H2,19,22)(H,20,21). The lowest BCUT2D eigenvalue weighted by Gasteiger charge is -2.33. The first kappa shape index (κ1) is 15.6. The number of nitrogens with zero attached hydrogens (tertiary/aromatic N) is 5. The molecule has 4 heterocycles. The summed E-state index contributed by atoms with van der Waals surface area (Å²) in [6, 6.07) is 4.17. The maximum atomic E-state index is 12.8. The Morgan fingerprint density at radius 3 is 2.96 bits per heavy atom. The smallest absolute Gasteiger partial charge is 0.293 e. The number of fused-ring (bicyclic) bond motifs is 3. The second-order valence-electron chi connectivity index (χ2n) is 6.39. The van der Waals surface area contributed by atoms with Crippen molar-refractivity contribution in [2.75, 3.05) is 25.4 Å². The summed E-state index contributed by atoms with van der Waals surface area (Å²) < 4.78 is 1.80. The Bertz CT molecular complexity index is 1020. The number of likely N-dealkylation sites (tertiary alicyclic amines) is 1. The number of aromatic nitrogens is 4. The van der Waals surface area contributed by atoms with Crippen LogP contribution in [0.2, 0.25) is 0 Å². The number of aromatic amines is 1. The molecule has 8 heteroatoms. The van der Waals surface area contributed by atoms with Gasteiger partial charge in [0, 0.05) is 43.7 Å². The predicted octanol–water partition coefficient (Wildman–Crippen LogP) is 1.41. The van der Waals surface area contributed by atoms with Crippen LogP contribution in [-0.2, 0) is 0 Å². The Balaban J connectivity index is 1.79. The molecule has 0 radical (unpaired) electrons. The minimum Gasteiger partial charge on any atom is -0.379 e. The van der Waals surface area contributed by atoms with Gasteiger partial charge in [0.2, 0.25) is 0 Å². The van der Waals surface area contributed by atoms with Crippen LogP contribution in [-0.4, -0.2) is 44.1 Å². The van der Waals surface area contributed by atoms with Crippen molar-refractivity contribution in [1.29, 1.82) is 5.26 Å². The molecule has 0 atom stereocenters. The number of nitrogens with one attached hydrogen (secondary N) is 1. The zero-order chi connectivity index (χ0) is 17.4. The highest BCUT2D eigenvalue weighted by Gasteiger charge is 2.24. The summed E-state index contributed by atoms with van der Waals surface area (Å²) in [6.07, 6.45) is 5.69. The molecule has 3 aromatic rings. The molecule has 8 nitrogen and oxygen atoms in total. The Morgan fingerprint density at radius 2 is 2.20 bits per heavy atom. The fraction of sp³-hybridized carbons (Fsp3) is 0.412. The largest absolute Gasteiger partial charge is 0.379 e. The van der Waals surface area contributed by atoms with Crippen molar-refractivity contribution in [3.8, 4) is 6.07 Å². The molecule has 3 aromatic heterocycles. The summed E-state index contributed by atoms with van der Waals surface area (Å²) in [4.78, 5) is 26.7. The zero-order valence-electron chi connectivity index (χ0n) is 13.8. The van der Waals surface area contributed by atoms with E-state index in [-0.39, 0.29) is 17.4 Å². The lowest BCUT2D eigenvalue weighted by Crippen LogP contribution is -2.38. The van der Waals surface area contributed by atoms with Crippen molar-refractivity contribution in [2.45, 2.75) is 25.3 Å². The molecule has 0 saturated carbocycles. The average molecular weight is 337 g/mol. The number of H-pyrrole nitrogens is 1. The molecule has 0 bridgehead atoms. The number of nitrogen functional groups attached to an aromatic ring is 1. The molecule has 128 valence electrons. The van der Waals surface area contributed by atoms with Crippen molar-refractivity contribution < 1.29 is 0 Å². The van der Waals surface area contributed by atoms with Crippen molar-refractivity contribution >= 4 is 27.9 Å². The third kappa shape index (κ3) is 2.62. The van der Waals surface area contributed by atoms with E-state index < -0.39 is 0 Å². The van der Waals surface area contributed by atoms with E-state index in [2.05, 4.69) is 25.9 Å². The molecule has 0 amide bonds. The number of nitriles is 1. The van der Waals surface area contributed by atoms with Crippen LogP contribution in [0.5, 0.6) is 0 Å². The fourth-order valence-corrected chi connectivity index (χ4v) is 3.68. The topological polar surface area (TPSA) is 117 Å². The van der Waals surface area contributed by atoms with Gasteiger partial charge in [0.25, 0.3) is 5.56 Å². The summed E-state index contributed by atoms with van der Waals surface area (Å²) >= 11 is 0. The van der Waals surface area contributed by atoms with Gasteiger partial charge in [-0.05, 0) is 18.9 Å². The number of piperidine rings is 1. The van der Waals surface area contributed by atoms with Crippen molar-refractivity contribution in [2.24, 2.45) is 0 Å². The SMILES string of the molecule is N#CCCN1CCC(n2c(=O)c(N)nc3cnc4[nH]ccc4c32)CC1. The number of anilines is 1. The van der Waals surface area contributed by atoms with Gasteiger partial charge in [-0.2, -0.15) is 5.26 Å². The van der Waals surface area contributed by atoms with E-state index in [0.29, 0.717) is 11.9 Å². The van der Waals surface area contributed by atoms with E-state index in [1.54, 1.807) is 10.8 Å². The first-order chi connectivity index (χ1) is 12.2.